The smallest absolute Gasteiger partial charge is 0.134 e. The van der Waals surface area contributed by atoms with Crippen LogP contribution >= 0.6 is 0 Å². The molecule has 3 heterocycles. The van der Waals surface area contributed by atoms with Crippen LogP contribution in [0.1, 0.15) is 24.0 Å². The number of nitrogens with zero attached hydrogens (tertiary/aromatic N) is 4. The van der Waals surface area contributed by atoms with Gasteiger partial charge in [-0.1, -0.05) is 48.5 Å². The number of hydrogen-bond acceptors (Lipinski definition) is 3. The molecular weight excluding hydrogens is 368 g/mol. The number of pyridine rings is 1. The summed E-state index contributed by atoms with van der Waals surface area (Å²) in [5.74, 6) is 2.31. The maximum absolute atomic E-state index is 5.25. The number of halogens is 1. The van der Waals surface area contributed by atoms with Crippen LogP contribution in [0.5, 0.6) is 0 Å². The van der Waals surface area contributed by atoms with Gasteiger partial charge in [0, 0.05) is 44.1 Å². The first-order valence-corrected chi connectivity index (χ1v) is 9.79. The van der Waals surface area contributed by atoms with Gasteiger partial charge in [-0.2, -0.15) is 0 Å². The summed E-state index contributed by atoms with van der Waals surface area (Å²) in [6.45, 7) is 3.04. The number of amidine groups is 1. The summed E-state index contributed by atoms with van der Waals surface area (Å²) in [7, 11) is 2.13. The van der Waals surface area contributed by atoms with Crippen LogP contribution in [0.25, 0.3) is 10.9 Å². The largest absolute Gasteiger partial charge is 1.00 e. The van der Waals surface area contributed by atoms with Gasteiger partial charge in [0.1, 0.15) is 11.7 Å². The first-order valence-electron chi connectivity index (χ1n) is 9.79. The number of likely N-dealkylation sites (tertiary alicyclic amines) is 1. The van der Waals surface area contributed by atoms with Gasteiger partial charge in [-0.3, -0.25) is 0 Å². The van der Waals surface area contributed by atoms with Crippen molar-refractivity contribution < 1.29 is 12.4 Å². The first kappa shape index (κ1) is 18.8. The third-order valence-corrected chi connectivity index (χ3v) is 5.65. The Morgan fingerprint density at radius 1 is 0.964 bits per heavy atom. The van der Waals surface area contributed by atoms with Crippen LogP contribution in [0.15, 0.2) is 59.6 Å². The van der Waals surface area contributed by atoms with E-state index < -0.39 is 0 Å². The van der Waals surface area contributed by atoms with E-state index in [2.05, 4.69) is 71.4 Å². The highest BCUT2D eigenvalue weighted by atomic mass is 35.5. The molecule has 5 rings (SSSR count). The molecule has 4 nitrogen and oxygen atoms in total. The second kappa shape index (κ2) is 7.80. The number of likely N-dealkylation sites (N-methyl/N-ethyl adjacent to an activating group) is 1. The van der Waals surface area contributed by atoms with Crippen LogP contribution in [-0.2, 0) is 13.0 Å². The fourth-order valence-electron chi connectivity index (χ4n) is 4.23. The molecule has 0 aliphatic carbocycles. The van der Waals surface area contributed by atoms with Gasteiger partial charge in [0.15, 0.2) is 0 Å². The van der Waals surface area contributed by atoms with E-state index in [4.69, 9.17) is 9.98 Å². The number of fused-ring (bicyclic) bond motifs is 2. The monoisotopic (exact) mass is 391 g/mol. The Morgan fingerprint density at radius 2 is 1.75 bits per heavy atom. The van der Waals surface area contributed by atoms with Gasteiger partial charge < -0.3 is 22.2 Å². The summed E-state index contributed by atoms with van der Waals surface area (Å²) in [5, 5.41) is 1.17. The number of aromatic nitrogens is 1. The zero-order chi connectivity index (χ0) is 18.2. The minimum Gasteiger partial charge on any atom is -1.00 e. The standard InChI is InChI=1S/C23H24N4.ClH/c1-26-15-13-19-22(18-10-5-6-11-20(18)24-23(19)26)25-21-12-7-14-27(21)16-17-8-3-2-4-9-17;/h2-6,8-11H,7,12-16H2,1H3;1H/p-1. The summed E-state index contributed by atoms with van der Waals surface area (Å²) in [4.78, 5) is 14.8. The van der Waals surface area contributed by atoms with Crippen LogP contribution in [0.3, 0.4) is 0 Å². The van der Waals surface area contributed by atoms with Crippen molar-refractivity contribution in [3.8, 4) is 0 Å². The average Bonchev–Trinajstić information content (AvgIpc) is 3.29. The van der Waals surface area contributed by atoms with Crippen molar-refractivity contribution in [2.24, 2.45) is 4.99 Å². The molecule has 3 aromatic rings. The molecule has 1 fully saturated rings. The van der Waals surface area contributed by atoms with Gasteiger partial charge in [0.05, 0.1) is 11.2 Å². The molecule has 0 bridgehead atoms. The van der Waals surface area contributed by atoms with Gasteiger partial charge in [-0.15, -0.1) is 0 Å². The third-order valence-electron chi connectivity index (χ3n) is 5.65. The van der Waals surface area contributed by atoms with Crippen molar-refractivity contribution in [3.05, 3.63) is 65.7 Å². The molecule has 2 aliphatic heterocycles. The Hall–Kier alpha value is -2.59. The molecule has 0 spiro atoms. The van der Waals surface area contributed by atoms with E-state index in [1.165, 1.54) is 28.8 Å². The number of anilines is 1. The van der Waals surface area contributed by atoms with Crippen LogP contribution in [0, 0.1) is 0 Å². The Kier molecular flexibility index (Phi) is 5.23. The van der Waals surface area contributed by atoms with Crippen molar-refractivity contribution in [1.29, 1.82) is 0 Å². The van der Waals surface area contributed by atoms with Crippen LogP contribution in [0.4, 0.5) is 11.5 Å². The fraction of sp³-hybridized carbons (Fsp3) is 0.304. The van der Waals surface area contributed by atoms with Crippen LogP contribution in [-0.4, -0.2) is 35.9 Å². The van der Waals surface area contributed by atoms with Gasteiger partial charge in [-0.25, -0.2) is 9.98 Å². The lowest BCUT2D eigenvalue weighted by molar-refractivity contribution is -0.00000549. The molecule has 0 atom stereocenters. The van der Waals surface area contributed by atoms with Gasteiger partial charge in [0.2, 0.25) is 0 Å². The molecular formula is C23H24ClN4-. The summed E-state index contributed by atoms with van der Waals surface area (Å²) in [6, 6.07) is 19.1. The summed E-state index contributed by atoms with van der Waals surface area (Å²) in [5.41, 5.74) is 4.82. The van der Waals surface area contributed by atoms with Crippen molar-refractivity contribution in [2.75, 3.05) is 25.0 Å². The predicted molar refractivity (Wildman–Crippen MR) is 112 cm³/mol. The summed E-state index contributed by atoms with van der Waals surface area (Å²) < 4.78 is 0. The molecule has 2 aromatic carbocycles. The van der Waals surface area contributed by atoms with Crippen molar-refractivity contribution in [3.63, 3.8) is 0 Å². The zero-order valence-corrected chi connectivity index (χ0v) is 16.9. The minimum atomic E-state index is 0. The Morgan fingerprint density at radius 3 is 2.61 bits per heavy atom. The number of benzene rings is 2. The molecule has 1 aromatic heterocycles. The second-order valence-electron chi connectivity index (χ2n) is 7.49. The normalized spacial score (nSPS) is 17.2. The summed E-state index contributed by atoms with van der Waals surface area (Å²) >= 11 is 0. The average molecular weight is 392 g/mol. The molecule has 0 radical (unpaired) electrons. The molecule has 0 amide bonds. The highest BCUT2D eigenvalue weighted by Gasteiger charge is 2.25. The van der Waals surface area contributed by atoms with E-state index in [-0.39, 0.29) is 12.4 Å². The fourth-order valence-corrected chi connectivity index (χ4v) is 4.23. The molecule has 0 N–H and O–H groups in total. The lowest BCUT2D eigenvalue weighted by Crippen LogP contribution is -3.00. The van der Waals surface area contributed by atoms with E-state index in [0.29, 0.717) is 0 Å². The van der Waals surface area contributed by atoms with Crippen molar-refractivity contribution in [2.45, 2.75) is 25.8 Å². The molecule has 5 heteroatoms. The molecule has 0 unspecified atom stereocenters. The quantitative estimate of drug-likeness (QED) is 0.679. The van der Waals surface area contributed by atoms with E-state index in [0.717, 1.165) is 49.5 Å². The summed E-state index contributed by atoms with van der Waals surface area (Å²) in [6.07, 6.45) is 3.25. The molecule has 28 heavy (non-hydrogen) atoms. The molecule has 1 saturated heterocycles. The maximum atomic E-state index is 5.25. The Labute approximate surface area is 172 Å². The molecule has 144 valence electrons. The Balaban J connectivity index is 0.00000192. The highest BCUT2D eigenvalue weighted by molar-refractivity contribution is 5.98. The topological polar surface area (TPSA) is 31.7 Å². The highest BCUT2D eigenvalue weighted by Crippen LogP contribution is 2.39. The van der Waals surface area contributed by atoms with E-state index in [1.54, 1.807) is 0 Å². The Bertz CT molecular complexity index is 1020. The van der Waals surface area contributed by atoms with E-state index in [9.17, 15) is 0 Å². The number of hydrogen-bond donors (Lipinski definition) is 0. The number of para-hydroxylation sites is 1. The van der Waals surface area contributed by atoms with Gasteiger partial charge in [0.25, 0.3) is 0 Å². The second-order valence-corrected chi connectivity index (χ2v) is 7.49. The molecule has 2 aliphatic rings. The lowest BCUT2D eigenvalue weighted by atomic mass is 10.1. The lowest BCUT2D eigenvalue weighted by Gasteiger charge is -2.20. The first-order chi connectivity index (χ1) is 13.3. The predicted octanol–water partition coefficient (Wildman–Crippen LogP) is 1.56. The van der Waals surface area contributed by atoms with Crippen molar-refractivity contribution >= 4 is 28.2 Å². The van der Waals surface area contributed by atoms with Crippen LogP contribution < -0.4 is 17.3 Å². The van der Waals surface area contributed by atoms with Gasteiger partial charge in [-0.05, 0) is 24.5 Å². The minimum absolute atomic E-state index is 0. The van der Waals surface area contributed by atoms with E-state index in [1.807, 2.05) is 0 Å². The third kappa shape index (κ3) is 3.33. The maximum Gasteiger partial charge on any atom is 0.134 e. The van der Waals surface area contributed by atoms with Crippen LogP contribution in [0.2, 0.25) is 0 Å². The molecule has 0 saturated carbocycles. The van der Waals surface area contributed by atoms with Crippen molar-refractivity contribution in [1.82, 2.24) is 9.88 Å². The SMILES string of the molecule is CN1CCc2c1nc1ccccc1c2N=C1CCCN1Cc1ccccc1.[Cl-]. The number of rotatable bonds is 3. The van der Waals surface area contributed by atoms with Gasteiger partial charge >= 0.3 is 0 Å². The van der Waals surface area contributed by atoms with E-state index >= 15 is 0 Å². The number of aliphatic imine (C=N–C) groups is 1. The zero-order valence-electron chi connectivity index (χ0n) is 16.1.